The van der Waals surface area contributed by atoms with Crippen molar-refractivity contribution in [2.45, 2.75) is 17.3 Å². The van der Waals surface area contributed by atoms with Crippen LogP contribution in [0.25, 0.3) is 0 Å². The first-order valence-corrected chi connectivity index (χ1v) is 8.59. The van der Waals surface area contributed by atoms with Crippen LogP contribution in [-0.2, 0) is 5.75 Å². The van der Waals surface area contributed by atoms with Crippen LogP contribution in [0.1, 0.15) is 12.0 Å². The number of benzene rings is 1. The third-order valence-electron chi connectivity index (χ3n) is 3.58. The molecular formula is C16H17F2N3O2S. The summed E-state index contributed by atoms with van der Waals surface area (Å²) in [5.41, 5.74) is 0.260. The van der Waals surface area contributed by atoms with Crippen LogP contribution in [-0.4, -0.2) is 41.4 Å². The maximum Gasteiger partial charge on any atom is 0.219 e. The molecule has 2 heterocycles. The molecule has 1 aromatic carbocycles. The van der Waals surface area contributed by atoms with Gasteiger partial charge in [-0.2, -0.15) is 4.98 Å². The topological polar surface area (TPSA) is 58.5 Å². The van der Waals surface area contributed by atoms with Crippen LogP contribution >= 0.6 is 11.8 Å². The molecule has 1 fully saturated rings. The van der Waals surface area contributed by atoms with Gasteiger partial charge in [0.2, 0.25) is 5.88 Å². The predicted octanol–water partition coefficient (Wildman–Crippen LogP) is 2.63. The molecule has 0 saturated carbocycles. The Morgan fingerprint density at radius 2 is 2.08 bits per heavy atom. The van der Waals surface area contributed by atoms with Gasteiger partial charge < -0.3 is 14.7 Å². The highest BCUT2D eigenvalue weighted by Gasteiger charge is 2.19. The van der Waals surface area contributed by atoms with Crippen molar-refractivity contribution in [2.24, 2.45) is 0 Å². The number of hydrogen-bond acceptors (Lipinski definition) is 6. The summed E-state index contributed by atoms with van der Waals surface area (Å²) in [5, 5.41) is 9.31. The molecule has 1 aromatic heterocycles. The average Bonchev–Trinajstić information content (AvgIpc) is 2.52. The van der Waals surface area contributed by atoms with Crippen molar-refractivity contribution >= 4 is 17.6 Å². The Hall–Kier alpha value is -1.93. The molecule has 24 heavy (non-hydrogen) atoms. The van der Waals surface area contributed by atoms with E-state index in [1.165, 1.54) is 23.9 Å². The number of aliphatic hydroxyl groups excluding tert-OH is 1. The third kappa shape index (κ3) is 3.93. The normalized spacial score (nSPS) is 13.7. The molecule has 0 atom stereocenters. The molecule has 1 saturated heterocycles. The zero-order valence-electron chi connectivity index (χ0n) is 12.9. The van der Waals surface area contributed by atoms with E-state index in [2.05, 4.69) is 14.9 Å². The predicted molar refractivity (Wildman–Crippen MR) is 87.4 cm³/mol. The molecule has 8 heteroatoms. The van der Waals surface area contributed by atoms with Crippen molar-refractivity contribution in [3.05, 3.63) is 41.5 Å². The van der Waals surface area contributed by atoms with E-state index in [4.69, 9.17) is 9.84 Å². The number of nitrogens with zero attached hydrogens (tertiary/aromatic N) is 3. The van der Waals surface area contributed by atoms with Gasteiger partial charge in [-0.15, -0.1) is 0 Å². The fourth-order valence-corrected chi connectivity index (χ4v) is 3.01. The molecule has 0 aliphatic carbocycles. The highest BCUT2D eigenvalue weighted by atomic mass is 32.2. The lowest BCUT2D eigenvalue weighted by atomic mass is 10.2. The molecule has 0 bridgehead atoms. The molecule has 0 radical (unpaired) electrons. The van der Waals surface area contributed by atoms with Gasteiger partial charge in [-0.05, 0) is 12.5 Å². The molecule has 1 aliphatic heterocycles. The quantitative estimate of drug-likeness (QED) is 0.610. The van der Waals surface area contributed by atoms with Crippen LogP contribution in [0.5, 0.6) is 5.88 Å². The Morgan fingerprint density at radius 3 is 2.79 bits per heavy atom. The molecule has 3 rings (SSSR count). The number of aliphatic hydroxyl groups is 1. The Morgan fingerprint density at radius 1 is 1.25 bits per heavy atom. The summed E-state index contributed by atoms with van der Waals surface area (Å²) in [4.78, 5) is 10.8. The Labute approximate surface area is 142 Å². The fourth-order valence-electron chi connectivity index (χ4n) is 2.19. The lowest BCUT2D eigenvalue weighted by Gasteiger charge is -2.32. The standard InChI is InChI=1S/C16H17F2N3O2S/c17-12-4-1-3-11(15(12)18)10-24-16-19-13(21-5-2-6-21)9-14(20-16)23-8-7-22/h1,3-4,9,22H,2,5-8,10H2. The maximum absolute atomic E-state index is 13.7. The minimum absolute atomic E-state index is 0.111. The second-order valence-electron chi connectivity index (χ2n) is 5.26. The lowest BCUT2D eigenvalue weighted by Crippen LogP contribution is -2.37. The van der Waals surface area contributed by atoms with Crippen molar-refractivity contribution in [3.63, 3.8) is 0 Å². The number of aromatic nitrogens is 2. The van der Waals surface area contributed by atoms with Gasteiger partial charge in [0, 0.05) is 30.5 Å². The summed E-state index contributed by atoms with van der Waals surface area (Å²) in [5.74, 6) is -0.391. The van der Waals surface area contributed by atoms with Crippen molar-refractivity contribution in [2.75, 3.05) is 31.2 Å². The minimum atomic E-state index is -0.865. The molecule has 0 amide bonds. The summed E-state index contributed by atoms with van der Waals surface area (Å²) in [6.45, 7) is 1.86. The number of ether oxygens (including phenoxy) is 1. The van der Waals surface area contributed by atoms with Crippen LogP contribution in [0.3, 0.4) is 0 Å². The van der Waals surface area contributed by atoms with Gasteiger partial charge in [-0.1, -0.05) is 23.9 Å². The molecule has 1 aliphatic rings. The summed E-state index contributed by atoms with van der Waals surface area (Å²) in [6.07, 6.45) is 1.10. The molecule has 1 N–H and O–H groups in total. The minimum Gasteiger partial charge on any atom is -0.475 e. The Kier molecular flexibility index (Phi) is 5.47. The smallest absolute Gasteiger partial charge is 0.219 e. The van der Waals surface area contributed by atoms with Crippen molar-refractivity contribution in [3.8, 4) is 5.88 Å². The van der Waals surface area contributed by atoms with Crippen molar-refractivity contribution in [1.82, 2.24) is 9.97 Å². The van der Waals surface area contributed by atoms with Gasteiger partial charge in [0.25, 0.3) is 0 Å². The Balaban J connectivity index is 1.76. The van der Waals surface area contributed by atoms with E-state index in [1.54, 1.807) is 6.07 Å². The van der Waals surface area contributed by atoms with Gasteiger partial charge in [-0.25, -0.2) is 13.8 Å². The summed E-state index contributed by atoms with van der Waals surface area (Å²) in [6, 6.07) is 5.82. The highest BCUT2D eigenvalue weighted by Crippen LogP contribution is 2.28. The van der Waals surface area contributed by atoms with Gasteiger partial charge >= 0.3 is 0 Å². The zero-order valence-corrected chi connectivity index (χ0v) is 13.7. The van der Waals surface area contributed by atoms with Crippen LogP contribution in [0.4, 0.5) is 14.6 Å². The van der Waals surface area contributed by atoms with E-state index >= 15 is 0 Å². The largest absolute Gasteiger partial charge is 0.475 e. The van der Waals surface area contributed by atoms with Crippen molar-refractivity contribution in [1.29, 1.82) is 0 Å². The lowest BCUT2D eigenvalue weighted by molar-refractivity contribution is 0.195. The zero-order chi connectivity index (χ0) is 16.9. The highest BCUT2D eigenvalue weighted by molar-refractivity contribution is 7.98. The molecular weight excluding hydrogens is 336 g/mol. The summed E-state index contributed by atoms with van der Waals surface area (Å²) < 4.78 is 32.4. The van der Waals surface area contributed by atoms with Crippen LogP contribution in [0.15, 0.2) is 29.4 Å². The van der Waals surface area contributed by atoms with Crippen molar-refractivity contribution < 1.29 is 18.6 Å². The molecule has 0 spiro atoms. The van der Waals surface area contributed by atoms with Gasteiger partial charge in [0.1, 0.15) is 12.4 Å². The van der Waals surface area contributed by atoms with Crippen LogP contribution in [0.2, 0.25) is 0 Å². The number of halogens is 2. The maximum atomic E-state index is 13.7. The molecule has 0 unspecified atom stereocenters. The third-order valence-corrected chi connectivity index (χ3v) is 4.47. The number of hydrogen-bond donors (Lipinski definition) is 1. The van der Waals surface area contributed by atoms with E-state index < -0.39 is 11.6 Å². The first-order valence-electron chi connectivity index (χ1n) is 7.61. The number of thioether (sulfide) groups is 1. The molecule has 2 aromatic rings. The first kappa shape index (κ1) is 16.9. The summed E-state index contributed by atoms with van der Waals surface area (Å²) >= 11 is 1.21. The van der Waals surface area contributed by atoms with E-state index in [0.717, 1.165) is 31.4 Å². The first-order chi connectivity index (χ1) is 11.7. The van der Waals surface area contributed by atoms with Gasteiger partial charge in [0.15, 0.2) is 16.8 Å². The number of rotatable bonds is 7. The fraction of sp³-hybridized carbons (Fsp3) is 0.375. The van der Waals surface area contributed by atoms with E-state index in [9.17, 15) is 8.78 Å². The van der Waals surface area contributed by atoms with E-state index in [0.29, 0.717) is 11.0 Å². The monoisotopic (exact) mass is 353 g/mol. The SMILES string of the molecule is OCCOc1cc(N2CCC2)nc(SCc2cccc(F)c2F)n1. The molecule has 5 nitrogen and oxygen atoms in total. The van der Waals surface area contributed by atoms with E-state index in [-0.39, 0.29) is 24.5 Å². The Bertz CT molecular complexity index is 714. The average molecular weight is 353 g/mol. The summed E-state index contributed by atoms with van der Waals surface area (Å²) in [7, 11) is 0. The number of anilines is 1. The van der Waals surface area contributed by atoms with Gasteiger partial charge in [-0.3, -0.25) is 0 Å². The van der Waals surface area contributed by atoms with Gasteiger partial charge in [0.05, 0.1) is 6.61 Å². The van der Waals surface area contributed by atoms with E-state index in [1.807, 2.05) is 0 Å². The second kappa shape index (κ2) is 7.76. The molecule has 128 valence electrons. The van der Waals surface area contributed by atoms with Crippen LogP contribution < -0.4 is 9.64 Å². The second-order valence-corrected chi connectivity index (χ2v) is 6.20. The van der Waals surface area contributed by atoms with Crippen LogP contribution in [0, 0.1) is 11.6 Å².